The van der Waals surface area contributed by atoms with Crippen LogP contribution in [0.4, 0.5) is 4.39 Å². The molecule has 0 atom stereocenters. The minimum Gasteiger partial charge on any atom is -0.351 e. The minimum atomic E-state index is -0.316. The number of aromatic nitrogens is 1. The highest BCUT2D eigenvalue weighted by Gasteiger charge is 2.34. The van der Waals surface area contributed by atoms with Crippen LogP contribution in [-0.4, -0.2) is 28.4 Å². The molecule has 0 saturated heterocycles. The number of benzene rings is 1. The Bertz CT molecular complexity index is 872. The quantitative estimate of drug-likeness (QED) is 0.798. The Labute approximate surface area is 171 Å². The largest absolute Gasteiger partial charge is 0.351 e. The summed E-state index contributed by atoms with van der Waals surface area (Å²) in [5.41, 5.74) is 1.56. The molecule has 6 heteroatoms. The van der Waals surface area contributed by atoms with Crippen LogP contribution in [0.5, 0.6) is 0 Å². The van der Waals surface area contributed by atoms with E-state index in [4.69, 9.17) is 0 Å². The van der Waals surface area contributed by atoms with Crippen molar-refractivity contribution in [3.05, 3.63) is 54.0 Å². The van der Waals surface area contributed by atoms with Crippen LogP contribution in [0.25, 0.3) is 11.3 Å². The number of carbonyl (C=O) groups excluding carboxylic acids is 2. The fraction of sp³-hybridized carbons (Fsp3) is 0.435. The molecule has 1 aromatic heterocycles. The minimum absolute atomic E-state index is 0.0142. The van der Waals surface area contributed by atoms with Gasteiger partial charge in [-0.25, -0.2) is 4.39 Å². The van der Waals surface area contributed by atoms with Gasteiger partial charge in [0.2, 0.25) is 5.91 Å². The van der Waals surface area contributed by atoms with E-state index in [9.17, 15) is 14.0 Å². The number of nitrogens with zero attached hydrogens (tertiary/aromatic N) is 1. The maximum Gasteiger partial charge on any atom is 0.253 e. The second kappa shape index (κ2) is 8.72. The van der Waals surface area contributed by atoms with Crippen LogP contribution < -0.4 is 10.6 Å². The monoisotopic (exact) mass is 397 g/mol. The lowest BCUT2D eigenvalue weighted by atomic mass is 9.75. The van der Waals surface area contributed by atoms with Crippen molar-refractivity contribution in [1.82, 2.24) is 15.6 Å². The molecule has 5 nitrogen and oxygen atoms in total. The third-order valence-electron chi connectivity index (χ3n) is 5.73. The van der Waals surface area contributed by atoms with E-state index in [0.717, 1.165) is 25.7 Å². The number of nitrogens with one attached hydrogen (secondary N) is 2. The van der Waals surface area contributed by atoms with Crippen LogP contribution in [0.15, 0.2) is 42.6 Å². The number of pyridine rings is 1. The highest BCUT2D eigenvalue weighted by atomic mass is 19.1. The van der Waals surface area contributed by atoms with Crippen molar-refractivity contribution >= 4 is 11.8 Å². The van der Waals surface area contributed by atoms with E-state index < -0.39 is 0 Å². The van der Waals surface area contributed by atoms with E-state index in [0.29, 0.717) is 22.7 Å². The molecule has 1 saturated carbocycles. The maximum absolute atomic E-state index is 13.4. The molecule has 154 valence electrons. The zero-order valence-electron chi connectivity index (χ0n) is 17.2. The van der Waals surface area contributed by atoms with Crippen LogP contribution in [0.2, 0.25) is 0 Å². The SMILES string of the molecule is CC(=O)NC(C)(C)C1CCC(NC(=O)c2ccc(-c3cccc(F)c3)nc2)CC1. The first-order chi connectivity index (χ1) is 13.7. The van der Waals surface area contributed by atoms with Crippen LogP contribution in [0, 0.1) is 11.7 Å². The fourth-order valence-corrected chi connectivity index (χ4v) is 4.13. The number of rotatable bonds is 5. The fourth-order valence-electron chi connectivity index (χ4n) is 4.13. The van der Waals surface area contributed by atoms with Gasteiger partial charge in [0.1, 0.15) is 5.82 Å². The predicted molar refractivity (Wildman–Crippen MR) is 111 cm³/mol. The molecular weight excluding hydrogens is 369 g/mol. The zero-order chi connectivity index (χ0) is 21.0. The van der Waals surface area contributed by atoms with E-state index in [1.54, 1.807) is 31.2 Å². The summed E-state index contributed by atoms with van der Waals surface area (Å²) in [6.45, 7) is 5.66. The van der Waals surface area contributed by atoms with E-state index >= 15 is 0 Å². The maximum atomic E-state index is 13.4. The van der Waals surface area contributed by atoms with Crippen LogP contribution in [0.3, 0.4) is 0 Å². The highest BCUT2D eigenvalue weighted by Crippen LogP contribution is 2.32. The van der Waals surface area contributed by atoms with Gasteiger partial charge in [-0.05, 0) is 69.7 Å². The number of hydrogen-bond donors (Lipinski definition) is 2. The first kappa shape index (κ1) is 21.0. The molecule has 0 aliphatic heterocycles. The summed E-state index contributed by atoms with van der Waals surface area (Å²) >= 11 is 0. The van der Waals surface area contributed by atoms with Gasteiger partial charge < -0.3 is 10.6 Å². The first-order valence-electron chi connectivity index (χ1n) is 10.1. The first-order valence-corrected chi connectivity index (χ1v) is 10.1. The van der Waals surface area contributed by atoms with Crippen molar-refractivity contribution in [3.8, 4) is 11.3 Å². The Balaban J connectivity index is 1.55. The average molecular weight is 397 g/mol. The van der Waals surface area contributed by atoms with Crippen molar-refractivity contribution in [2.45, 2.75) is 58.0 Å². The molecule has 1 heterocycles. The van der Waals surface area contributed by atoms with E-state index in [1.807, 2.05) is 0 Å². The second-order valence-electron chi connectivity index (χ2n) is 8.37. The van der Waals surface area contributed by atoms with Gasteiger partial charge in [0.05, 0.1) is 11.3 Å². The summed E-state index contributed by atoms with van der Waals surface area (Å²) in [6.07, 6.45) is 5.20. The van der Waals surface area contributed by atoms with Crippen molar-refractivity contribution in [2.24, 2.45) is 5.92 Å². The number of amides is 2. The van der Waals surface area contributed by atoms with Crippen LogP contribution >= 0.6 is 0 Å². The molecule has 29 heavy (non-hydrogen) atoms. The summed E-state index contributed by atoms with van der Waals surface area (Å²) in [5.74, 6) is -0.0809. The molecule has 2 aromatic rings. The van der Waals surface area contributed by atoms with Crippen molar-refractivity contribution in [2.75, 3.05) is 0 Å². The Kier molecular flexibility index (Phi) is 6.30. The van der Waals surface area contributed by atoms with Crippen LogP contribution in [-0.2, 0) is 4.79 Å². The van der Waals surface area contributed by atoms with Gasteiger partial charge >= 0.3 is 0 Å². The average Bonchev–Trinajstić information content (AvgIpc) is 2.67. The second-order valence-corrected chi connectivity index (χ2v) is 8.37. The molecule has 1 aromatic carbocycles. The predicted octanol–water partition coefficient (Wildman–Crippen LogP) is 4.09. The Morgan fingerprint density at radius 1 is 1.10 bits per heavy atom. The number of carbonyl (C=O) groups is 2. The van der Waals surface area contributed by atoms with Gasteiger partial charge in [-0.15, -0.1) is 0 Å². The van der Waals surface area contributed by atoms with Crippen molar-refractivity contribution in [1.29, 1.82) is 0 Å². The molecular formula is C23H28FN3O2. The third-order valence-corrected chi connectivity index (χ3v) is 5.73. The number of halogens is 1. The highest BCUT2D eigenvalue weighted by molar-refractivity contribution is 5.94. The van der Waals surface area contributed by atoms with Crippen LogP contribution in [0.1, 0.15) is 56.8 Å². The topological polar surface area (TPSA) is 71.1 Å². The van der Waals surface area contributed by atoms with Gasteiger partial charge in [-0.1, -0.05) is 12.1 Å². The molecule has 2 amide bonds. The van der Waals surface area contributed by atoms with Gasteiger partial charge in [-0.2, -0.15) is 0 Å². The summed E-state index contributed by atoms with van der Waals surface area (Å²) in [5, 5.41) is 6.12. The number of hydrogen-bond acceptors (Lipinski definition) is 3. The Morgan fingerprint density at radius 2 is 1.83 bits per heavy atom. The zero-order valence-corrected chi connectivity index (χ0v) is 17.2. The van der Waals surface area contributed by atoms with E-state index in [-0.39, 0.29) is 29.2 Å². The van der Waals surface area contributed by atoms with E-state index in [1.165, 1.54) is 18.3 Å². The molecule has 0 spiro atoms. The lowest BCUT2D eigenvalue weighted by Crippen LogP contribution is -2.50. The van der Waals surface area contributed by atoms with Crippen molar-refractivity contribution in [3.63, 3.8) is 0 Å². The summed E-state index contributed by atoms with van der Waals surface area (Å²) in [4.78, 5) is 28.3. The molecule has 0 bridgehead atoms. The summed E-state index contributed by atoms with van der Waals surface area (Å²) in [7, 11) is 0. The smallest absolute Gasteiger partial charge is 0.253 e. The normalized spacial score (nSPS) is 19.4. The summed E-state index contributed by atoms with van der Waals surface area (Å²) < 4.78 is 13.4. The molecule has 1 aliphatic carbocycles. The Hall–Kier alpha value is -2.76. The summed E-state index contributed by atoms with van der Waals surface area (Å²) in [6, 6.07) is 9.79. The lowest BCUT2D eigenvalue weighted by molar-refractivity contribution is -0.121. The Morgan fingerprint density at radius 3 is 2.41 bits per heavy atom. The molecule has 1 aliphatic rings. The van der Waals surface area contributed by atoms with Gasteiger partial charge in [0.25, 0.3) is 5.91 Å². The van der Waals surface area contributed by atoms with Gasteiger partial charge in [0, 0.05) is 30.3 Å². The standard InChI is InChI=1S/C23H28FN3O2/c1-15(28)27-23(2,3)18-8-10-20(11-9-18)26-22(29)17-7-12-21(25-14-17)16-5-4-6-19(24)13-16/h4-7,12-14,18,20H,8-11H2,1-3H3,(H,26,29)(H,27,28). The van der Waals surface area contributed by atoms with E-state index in [2.05, 4.69) is 29.5 Å². The molecule has 1 fully saturated rings. The van der Waals surface area contributed by atoms with Gasteiger partial charge in [-0.3, -0.25) is 14.6 Å². The molecule has 0 radical (unpaired) electrons. The molecule has 3 rings (SSSR count). The molecule has 0 unspecified atom stereocenters. The third kappa shape index (κ3) is 5.40. The van der Waals surface area contributed by atoms with Gasteiger partial charge in [0.15, 0.2) is 0 Å². The van der Waals surface area contributed by atoms with Crippen molar-refractivity contribution < 1.29 is 14.0 Å². The molecule has 2 N–H and O–H groups in total. The lowest BCUT2D eigenvalue weighted by Gasteiger charge is -2.39.